The summed E-state index contributed by atoms with van der Waals surface area (Å²) in [6, 6.07) is 12.3. The van der Waals surface area contributed by atoms with Crippen LogP contribution in [0.1, 0.15) is 24.8 Å². The van der Waals surface area contributed by atoms with Crippen LogP contribution in [-0.4, -0.2) is 38.9 Å². The summed E-state index contributed by atoms with van der Waals surface area (Å²) < 4.78 is 30.3. The van der Waals surface area contributed by atoms with Gasteiger partial charge in [0.2, 0.25) is 0 Å². The highest BCUT2D eigenvalue weighted by molar-refractivity contribution is 14.0. The molecule has 2 aliphatic heterocycles. The van der Waals surface area contributed by atoms with Gasteiger partial charge in [-0.1, -0.05) is 12.1 Å². The van der Waals surface area contributed by atoms with Gasteiger partial charge < -0.3 is 25.3 Å². The standard InChI is InChI=1S/C22H26FN3O3.HI/c23-17-4-2-16(3-5-17)22(8-12-27-13-9-22)15-25-21(24)26-18-6-7-19-20(14-18)29-11-1-10-28-19;/h2-7,14H,1,8-13,15H2,(H3,24,25,26);1H. The zero-order valence-electron chi connectivity index (χ0n) is 16.7. The van der Waals surface area contributed by atoms with Crippen LogP contribution in [0.2, 0.25) is 0 Å². The van der Waals surface area contributed by atoms with Gasteiger partial charge in [-0.15, -0.1) is 24.0 Å². The summed E-state index contributed by atoms with van der Waals surface area (Å²) in [6.07, 6.45) is 2.50. The van der Waals surface area contributed by atoms with E-state index in [0.717, 1.165) is 36.3 Å². The maximum atomic E-state index is 13.4. The van der Waals surface area contributed by atoms with E-state index in [-0.39, 0.29) is 35.2 Å². The minimum absolute atomic E-state index is 0. The first-order valence-corrected chi connectivity index (χ1v) is 9.95. The Morgan fingerprint density at radius 2 is 1.70 bits per heavy atom. The average molecular weight is 527 g/mol. The molecule has 30 heavy (non-hydrogen) atoms. The molecule has 162 valence electrons. The van der Waals surface area contributed by atoms with Gasteiger partial charge in [0.1, 0.15) is 5.82 Å². The van der Waals surface area contributed by atoms with Gasteiger partial charge in [-0.3, -0.25) is 4.99 Å². The molecule has 4 rings (SSSR count). The Balaban J connectivity index is 0.00000256. The lowest BCUT2D eigenvalue weighted by Crippen LogP contribution is -2.38. The average Bonchev–Trinajstić information content (AvgIpc) is 2.98. The number of nitrogens with zero attached hydrogens (tertiary/aromatic N) is 1. The molecule has 0 aromatic heterocycles. The normalized spacial score (nSPS) is 18.1. The van der Waals surface area contributed by atoms with E-state index < -0.39 is 0 Å². The van der Waals surface area contributed by atoms with Crippen LogP contribution in [0.4, 0.5) is 10.1 Å². The summed E-state index contributed by atoms with van der Waals surface area (Å²) in [5.74, 6) is 1.52. The number of benzene rings is 2. The summed E-state index contributed by atoms with van der Waals surface area (Å²) in [7, 11) is 0. The first-order chi connectivity index (χ1) is 14.1. The predicted octanol–water partition coefficient (Wildman–Crippen LogP) is 4.08. The van der Waals surface area contributed by atoms with Crippen LogP contribution in [0.5, 0.6) is 11.5 Å². The number of nitrogens with one attached hydrogen (secondary N) is 1. The van der Waals surface area contributed by atoms with Crippen molar-refractivity contribution in [3.8, 4) is 11.5 Å². The fourth-order valence-electron chi connectivity index (χ4n) is 3.77. The maximum Gasteiger partial charge on any atom is 0.193 e. The molecular weight excluding hydrogens is 500 g/mol. The minimum Gasteiger partial charge on any atom is -0.490 e. The van der Waals surface area contributed by atoms with Crippen LogP contribution >= 0.6 is 24.0 Å². The molecule has 0 atom stereocenters. The molecule has 2 heterocycles. The predicted molar refractivity (Wildman–Crippen MR) is 126 cm³/mol. The number of nitrogens with two attached hydrogens (primary N) is 1. The fraction of sp³-hybridized carbons (Fsp3) is 0.409. The number of hydrogen-bond donors (Lipinski definition) is 2. The lowest BCUT2D eigenvalue weighted by molar-refractivity contribution is 0.0531. The van der Waals surface area contributed by atoms with Gasteiger partial charge in [-0.05, 0) is 42.7 Å². The van der Waals surface area contributed by atoms with Crippen molar-refractivity contribution in [1.29, 1.82) is 0 Å². The van der Waals surface area contributed by atoms with E-state index in [2.05, 4.69) is 10.3 Å². The molecule has 8 heteroatoms. The highest BCUT2D eigenvalue weighted by Gasteiger charge is 2.34. The van der Waals surface area contributed by atoms with Crippen molar-refractivity contribution in [3.63, 3.8) is 0 Å². The van der Waals surface area contributed by atoms with Gasteiger partial charge in [0.15, 0.2) is 17.5 Å². The van der Waals surface area contributed by atoms with E-state index in [1.54, 1.807) is 0 Å². The third-order valence-corrected chi connectivity index (χ3v) is 5.48. The molecule has 0 saturated carbocycles. The van der Waals surface area contributed by atoms with Crippen molar-refractivity contribution < 1.29 is 18.6 Å². The fourth-order valence-corrected chi connectivity index (χ4v) is 3.77. The number of hydrogen-bond acceptors (Lipinski definition) is 4. The van der Waals surface area contributed by atoms with Gasteiger partial charge in [0.05, 0.1) is 19.8 Å². The molecule has 0 aliphatic carbocycles. The Hall–Kier alpha value is -2.07. The molecular formula is C22H27FIN3O3. The third-order valence-electron chi connectivity index (χ3n) is 5.48. The summed E-state index contributed by atoms with van der Waals surface area (Å²) in [5.41, 5.74) is 7.82. The molecule has 1 fully saturated rings. The van der Waals surface area contributed by atoms with Crippen molar-refractivity contribution in [3.05, 3.63) is 53.8 Å². The first kappa shape index (κ1) is 22.6. The molecule has 2 aromatic carbocycles. The van der Waals surface area contributed by atoms with Crippen molar-refractivity contribution in [1.82, 2.24) is 0 Å². The van der Waals surface area contributed by atoms with Crippen LogP contribution < -0.4 is 20.5 Å². The smallest absolute Gasteiger partial charge is 0.193 e. The molecule has 0 bridgehead atoms. The summed E-state index contributed by atoms with van der Waals surface area (Å²) in [4.78, 5) is 4.61. The molecule has 0 radical (unpaired) electrons. The Labute approximate surface area is 193 Å². The van der Waals surface area contributed by atoms with Gasteiger partial charge in [0, 0.05) is 36.8 Å². The quantitative estimate of drug-likeness (QED) is 0.356. The van der Waals surface area contributed by atoms with Crippen molar-refractivity contribution in [2.24, 2.45) is 10.7 Å². The lowest BCUT2D eigenvalue weighted by atomic mass is 9.74. The Morgan fingerprint density at radius 3 is 2.43 bits per heavy atom. The molecule has 0 amide bonds. The van der Waals surface area contributed by atoms with E-state index >= 15 is 0 Å². The second-order valence-corrected chi connectivity index (χ2v) is 7.44. The van der Waals surface area contributed by atoms with E-state index in [9.17, 15) is 4.39 Å². The molecule has 0 unspecified atom stereocenters. The number of rotatable bonds is 4. The molecule has 2 aromatic rings. The lowest BCUT2D eigenvalue weighted by Gasteiger charge is -2.36. The van der Waals surface area contributed by atoms with Gasteiger partial charge in [-0.25, -0.2) is 4.39 Å². The largest absolute Gasteiger partial charge is 0.490 e. The number of anilines is 1. The Morgan fingerprint density at radius 1 is 1.00 bits per heavy atom. The molecule has 0 spiro atoms. The van der Waals surface area contributed by atoms with E-state index in [4.69, 9.17) is 19.9 Å². The Kier molecular flexibility index (Phi) is 7.76. The van der Waals surface area contributed by atoms with Gasteiger partial charge >= 0.3 is 0 Å². The second-order valence-electron chi connectivity index (χ2n) is 7.44. The number of halogens is 2. The molecule has 6 nitrogen and oxygen atoms in total. The van der Waals surface area contributed by atoms with Crippen LogP contribution in [0.15, 0.2) is 47.5 Å². The van der Waals surface area contributed by atoms with Crippen LogP contribution in [0.3, 0.4) is 0 Å². The van der Waals surface area contributed by atoms with Crippen LogP contribution in [0.25, 0.3) is 0 Å². The maximum absolute atomic E-state index is 13.4. The highest BCUT2D eigenvalue weighted by atomic mass is 127. The van der Waals surface area contributed by atoms with Crippen LogP contribution in [-0.2, 0) is 10.2 Å². The molecule has 1 saturated heterocycles. The minimum atomic E-state index is -0.241. The van der Waals surface area contributed by atoms with Crippen molar-refractivity contribution in [2.75, 3.05) is 38.3 Å². The summed E-state index contributed by atoms with van der Waals surface area (Å²) in [6.45, 7) is 3.09. The zero-order chi connectivity index (χ0) is 20.1. The summed E-state index contributed by atoms with van der Waals surface area (Å²) >= 11 is 0. The number of aliphatic imine (C=N–C) groups is 1. The Bertz CT molecular complexity index is 870. The van der Waals surface area contributed by atoms with Gasteiger partial charge in [-0.2, -0.15) is 0 Å². The zero-order valence-corrected chi connectivity index (χ0v) is 19.1. The monoisotopic (exact) mass is 527 g/mol. The topological polar surface area (TPSA) is 78.1 Å². The number of ether oxygens (including phenoxy) is 3. The number of guanidine groups is 1. The summed E-state index contributed by atoms with van der Waals surface area (Å²) in [5, 5.41) is 3.13. The second kappa shape index (κ2) is 10.3. The van der Waals surface area contributed by atoms with Gasteiger partial charge in [0.25, 0.3) is 0 Å². The molecule has 2 aliphatic rings. The SMILES string of the molecule is I.NC(=NCC1(c2ccc(F)cc2)CCOCC1)Nc1ccc2c(c1)OCCCO2. The number of fused-ring (bicyclic) bond motifs is 1. The van der Waals surface area contributed by atoms with E-state index in [1.165, 1.54) is 12.1 Å². The van der Waals surface area contributed by atoms with Crippen LogP contribution in [0, 0.1) is 5.82 Å². The van der Waals surface area contributed by atoms with Crippen molar-refractivity contribution in [2.45, 2.75) is 24.7 Å². The first-order valence-electron chi connectivity index (χ1n) is 9.95. The highest BCUT2D eigenvalue weighted by Crippen LogP contribution is 2.36. The van der Waals surface area contributed by atoms with E-state index in [1.807, 2.05) is 30.3 Å². The van der Waals surface area contributed by atoms with Crippen molar-refractivity contribution >= 4 is 35.6 Å². The molecule has 3 N–H and O–H groups in total. The third kappa shape index (κ3) is 5.34. The van der Waals surface area contributed by atoms with E-state index in [0.29, 0.717) is 44.7 Å².